The molecule has 2 rings (SSSR count). The number of rotatable bonds is 1. The Hall–Kier alpha value is -1.84. The highest BCUT2D eigenvalue weighted by Gasteiger charge is 2.10. The van der Waals surface area contributed by atoms with Crippen molar-refractivity contribution >= 4 is 17.0 Å². The molecule has 4 nitrogen and oxygen atoms in total. The third-order valence-corrected chi connectivity index (χ3v) is 2.15. The predicted octanol–water partition coefficient (Wildman–Crippen LogP) is 1.84. The summed E-state index contributed by atoms with van der Waals surface area (Å²) in [5.41, 5.74) is 2.06. The van der Waals surface area contributed by atoms with Crippen molar-refractivity contribution in [2.24, 2.45) is 0 Å². The van der Waals surface area contributed by atoms with Gasteiger partial charge in [0, 0.05) is 26.6 Å². The molecule has 0 unspecified atom stereocenters. The van der Waals surface area contributed by atoms with Gasteiger partial charge in [-0.25, -0.2) is 4.98 Å². The van der Waals surface area contributed by atoms with Crippen LogP contribution in [0.25, 0.3) is 11.1 Å². The first kappa shape index (κ1) is 9.71. The molecule has 0 atom stereocenters. The number of benzene rings is 1. The van der Waals surface area contributed by atoms with E-state index >= 15 is 0 Å². The number of oxazole rings is 1. The van der Waals surface area contributed by atoms with Crippen LogP contribution in [0, 0.1) is 6.92 Å². The molecule has 0 aliphatic rings. The molecule has 0 saturated carbocycles. The average Bonchev–Trinajstić information content (AvgIpc) is 2.55. The first-order valence-corrected chi connectivity index (χ1v) is 4.67. The number of fused-ring (bicyclic) bond motifs is 1. The van der Waals surface area contributed by atoms with E-state index in [1.54, 1.807) is 39.2 Å². The zero-order valence-electron chi connectivity index (χ0n) is 8.94. The van der Waals surface area contributed by atoms with Crippen LogP contribution < -0.4 is 0 Å². The largest absolute Gasteiger partial charge is 0.441 e. The van der Waals surface area contributed by atoms with Crippen molar-refractivity contribution < 1.29 is 9.21 Å². The average molecular weight is 204 g/mol. The van der Waals surface area contributed by atoms with E-state index in [-0.39, 0.29) is 5.91 Å². The molecule has 0 bridgehead atoms. The summed E-state index contributed by atoms with van der Waals surface area (Å²) in [6.45, 7) is 1.79. The maximum atomic E-state index is 11.7. The van der Waals surface area contributed by atoms with Gasteiger partial charge in [-0.2, -0.15) is 0 Å². The smallest absolute Gasteiger partial charge is 0.253 e. The minimum Gasteiger partial charge on any atom is -0.441 e. The van der Waals surface area contributed by atoms with E-state index in [1.807, 2.05) is 0 Å². The summed E-state index contributed by atoms with van der Waals surface area (Å²) in [5, 5.41) is 0. The lowest BCUT2D eigenvalue weighted by Gasteiger charge is -2.09. The first-order chi connectivity index (χ1) is 7.08. The Bertz CT molecular complexity index is 514. The molecule has 2 aromatic rings. The van der Waals surface area contributed by atoms with Crippen LogP contribution in [-0.4, -0.2) is 29.9 Å². The quantitative estimate of drug-likeness (QED) is 0.712. The fourth-order valence-corrected chi connectivity index (χ4v) is 1.43. The summed E-state index contributed by atoms with van der Waals surface area (Å²) in [4.78, 5) is 17.4. The van der Waals surface area contributed by atoms with Gasteiger partial charge in [-0.05, 0) is 18.2 Å². The number of carbonyl (C=O) groups is 1. The summed E-state index contributed by atoms with van der Waals surface area (Å²) in [7, 11) is 3.45. The fraction of sp³-hybridized carbons (Fsp3) is 0.273. The van der Waals surface area contributed by atoms with E-state index in [4.69, 9.17) is 4.42 Å². The van der Waals surface area contributed by atoms with Crippen LogP contribution in [0.5, 0.6) is 0 Å². The molecule has 4 heteroatoms. The van der Waals surface area contributed by atoms with Gasteiger partial charge in [0.25, 0.3) is 5.91 Å². The Morgan fingerprint density at radius 2 is 2.13 bits per heavy atom. The maximum absolute atomic E-state index is 11.7. The Kier molecular flexibility index (Phi) is 2.19. The molecule has 78 valence electrons. The summed E-state index contributed by atoms with van der Waals surface area (Å²) in [6.07, 6.45) is 0. The monoisotopic (exact) mass is 204 g/mol. The van der Waals surface area contributed by atoms with Crippen molar-refractivity contribution in [2.45, 2.75) is 6.92 Å². The van der Waals surface area contributed by atoms with Gasteiger partial charge in [0.1, 0.15) is 5.52 Å². The van der Waals surface area contributed by atoms with Gasteiger partial charge in [0.15, 0.2) is 11.5 Å². The van der Waals surface area contributed by atoms with Crippen LogP contribution >= 0.6 is 0 Å². The van der Waals surface area contributed by atoms with E-state index in [2.05, 4.69) is 4.98 Å². The predicted molar refractivity (Wildman–Crippen MR) is 56.8 cm³/mol. The van der Waals surface area contributed by atoms with Gasteiger partial charge < -0.3 is 9.32 Å². The van der Waals surface area contributed by atoms with Gasteiger partial charge >= 0.3 is 0 Å². The lowest BCUT2D eigenvalue weighted by Crippen LogP contribution is -2.21. The third kappa shape index (κ3) is 1.70. The number of aryl methyl sites for hydroxylation is 1. The Labute approximate surface area is 87.5 Å². The zero-order valence-corrected chi connectivity index (χ0v) is 8.94. The molecule has 1 aromatic heterocycles. The number of aromatic nitrogens is 1. The van der Waals surface area contributed by atoms with Crippen LogP contribution in [0.15, 0.2) is 22.6 Å². The van der Waals surface area contributed by atoms with Gasteiger partial charge in [0.05, 0.1) is 0 Å². The maximum Gasteiger partial charge on any atom is 0.253 e. The van der Waals surface area contributed by atoms with Gasteiger partial charge in [0.2, 0.25) is 0 Å². The van der Waals surface area contributed by atoms with E-state index in [0.717, 1.165) is 5.52 Å². The molecule has 15 heavy (non-hydrogen) atoms. The van der Waals surface area contributed by atoms with Crippen molar-refractivity contribution in [3.63, 3.8) is 0 Å². The highest BCUT2D eigenvalue weighted by atomic mass is 16.3. The van der Waals surface area contributed by atoms with E-state index in [9.17, 15) is 4.79 Å². The van der Waals surface area contributed by atoms with E-state index in [0.29, 0.717) is 17.0 Å². The molecule has 1 aromatic carbocycles. The van der Waals surface area contributed by atoms with Crippen molar-refractivity contribution in [3.8, 4) is 0 Å². The standard InChI is InChI=1S/C11H12N2O2/c1-7-12-9-6-8(11(14)13(2)3)4-5-10(9)15-7/h4-6H,1-3H3. The molecule has 1 heterocycles. The van der Waals surface area contributed by atoms with Crippen LogP contribution in [-0.2, 0) is 0 Å². The normalized spacial score (nSPS) is 10.6. The number of carbonyl (C=O) groups excluding carboxylic acids is 1. The molecule has 0 N–H and O–H groups in total. The number of nitrogens with zero attached hydrogens (tertiary/aromatic N) is 2. The van der Waals surface area contributed by atoms with Crippen LogP contribution in [0.4, 0.5) is 0 Å². The summed E-state index contributed by atoms with van der Waals surface area (Å²) in [6, 6.07) is 5.26. The Morgan fingerprint density at radius 3 is 2.80 bits per heavy atom. The van der Waals surface area contributed by atoms with Crippen molar-refractivity contribution in [2.75, 3.05) is 14.1 Å². The SMILES string of the molecule is Cc1nc2cc(C(=O)N(C)C)ccc2o1. The molecule has 0 aliphatic carbocycles. The Balaban J connectivity index is 2.51. The van der Waals surface area contributed by atoms with Crippen LogP contribution in [0.2, 0.25) is 0 Å². The lowest BCUT2D eigenvalue weighted by atomic mass is 10.2. The molecular formula is C11H12N2O2. The highest BCUT2D eigenvalue weighted by Crippen LogP contribution is 2.17. The molecule has 0 spiro atoms. The second-order valence-corrected chi connectivity index (χ2v) is 3.61. The molecule has 0 radical (unpaired) electrons. The number of hydrogen-bond acceptors (Lipinski definition) is 3. The second-order valence-electron chi connectivity index (χ2n) is 3.61. The second kappa shape index (κ2) is 3.38. The van der Waals surface area contributed by atoms with Gasteiger partial charge in [-0.1, -0.05) is 0 Å². The summed E-state index contributed by atoms with van der Waals surface area (Å²) >= 11 is 0. The van der Waals surface area contributed by atoms with Crippen molar-refractivity contribution in [3.05, 3.63) is 29.7 Å². The fourth-order valence-electron chi connectivity index (χ4n) is 1.43. The van der Waals surface area contributed by atoms with Gasteiger partial charge in [-0.3, -0.25) is 4.79 Å². The third-order valence-electron chi connectivity index (χ3n) is 2.15. The zero-order chi connectivity index (χ0) is 11.0. The number of hydrogen-bond donors (Lipinski definition) is 0. The van der Waals surface area contributed by atoms with E-state index < -0.39 is 0 Å². The van der Waals surface area contributed by atoms with Gasteiger partial charge in [-0.15, -0.1) is 0 Å². The molecular weight excluding hydrogens is 192 g/mol. The molecule has 1 amide bonds. The van der Waals surface area contributed by atoms with Crippen molar-refractivity contribution in [1.29, 1.82) is 0 Å². The first-order valence-electron chi connectivity index (χ1n) is 4.67. The molecule has 0 aliphatic heterocycles. The Morgan fingerprint density at radius 1 is 1.40 bits per heavy atom. The van der Waals surface area contributed by atoms with Crippen LogP contribution in [0.3, 0.4) is 0 Å². The molecule has 0 saturated heterocycles. The highest BCUT2D eigenvalue weighted by molar-refractivity contribution is 5.96. The summed E-state index contributed by atoms with van der Waals surface area (Å²) < 4.78 is 5.33. The van der Waals surface area contributed by atoms with E-state index in [1.165, 1.54) is 4.90 Å². The lowest BCUT2D eigenvalue weighted by molar-refractivity contribution is 0.0828. The topological polar surface area (TPSA) is 46.3 Å². The summed E-state index contributed by atoms with van der Waals surface area (Å²) in [5.74, 6) is 0.581. The minimum atomic E-state index is -0.0300. The number of amides is 1. The van der Waals surface area contributed by atoms with Crippen molar-refractivity contribution in [1.82, 2.24) is 9.88 Å². The van der Waals surface area contributed by atoms with Crippen LogP contribution in [0.1, 0.15) is 16.2 Å². The molecule has 0 fully saturated rings. The minimum absolute atomic E-state index is 0.0300.